The molecule has 108 valence electrons. The fraction of sp³-hybridized carbons (Fsp3) is 0.467. The second-order valence-electron chi connectivity index (χ2n) is 5.62. The number of rotatable bonds is 6. The number of hydrogen-bond acceptors (Lipinski definition) is 3. The van der Waals surface area contributed by atoms with E-state index in [0.29, 0.717) is 12.8 Å². The largest absolute Gasteiger partial charge is 0.481 e. The van der Waals surface area contributed by atoms with Crippen molar-refractivity contribution in [1.82, 2.24) is 0 Å². The molecule has 3 atom stereocenters. The predicted molar refractivity (Wildman–Crippen MR) is 73.3 cm³/mol. The maximum absolute atomic E-state index is 11.4. The second-order valence-corrected chi connectivity index (χ2v) is 5.62. The highest BCUT2D eigenvalue weighted by Crippen LogP contribution is 2.47. The monoisotopic (exact) mass is 277 g/mol. The van der Waals surface area contributed by atoms with Crippen LogP contribution in [-0.4, -0.2) is 27.7 Å². The number of carboxylic acid groups (broad SMARTS) is 2. The molecule has 1 saturated carbocycles. The van der Waals surface area contributed by atoms with Crippen molar-refractivity contribution in [3.8, 4) is 0 Å². The van der Waals surface area contributed by atoms with Crippen LogP contribution in [0.5, 0.6) is 0 Å². The van der Waals surface area contributed by atoms with Crippen molar-refractivity contribution in [2.45, 2.75) is 31.7 Å². The minimum atomic E-state index is -1.45. The van der Waals surface area contributed by atoms with E-state index in [4.69, 9.17) is 10.8 Å². The third-order valence-electron chi connectivity index (χ3n) is 4.08. The molecule has 0 bridgehead atoms. The Balaban J connectivity index is 2.07. The number of aryl methyl sites for hydroxylation is 2. The van der Waals surface area contributed by atoms with Gasteiger partial charge in [-0.2, -0.15) is 0 Å². The zero-order chi connectivity index (χ0) is 14.9. The maximum atomic E-state index is 11.4. The van der Waals surface area contributed by atoms with Gasteiger partial charge in [-0.05, 0) is 31.7 Å². The van der Waals surface area contributed by atoms with Crippen LogP contribution < -0.4 is 5.73 Å². The van der Waals surface area contributed by atoms with Crippen molar-refractivity contribution in [3.05, 3.63) is 35.4 Å². The normalized spacial score (nSPS) is 23.9. The molecule has 1 aromatic rings. The van der Waals surface area contributed by atoms with Crippen molar-refractivity contribution in [2.24, 2.45) is 17.6 Å². The first kappa shape index (κ1) is 14.5. The standard InChI is InChI=1S/C15H19NO4/c1-9-3-2-4-10(7-9)5-6-15(16,14(19)20)12-8-11(12)13(17)18/h2-4,7,11-12H,5-6,8,16H2,1H3,(H,17,18)(H,19,20)/t11-,12?,15-/m0/s1. The van der Waals surface area contributed by atoms with Crippen molar-refractivity contribution >= 4 is 11.9 Å². The zero-order valence-corrected chi connectivity index (χ0v) is 11.4. The van der Waals surface area contributed by atoms with Crippen molar-refractivity contribution in [1.29, 1.82) is 0 Å². The van der Waals surface area contributed by atoms with Gasteiger partial charge in [0, 0.05) is 5.92 Å². The molecule has 1 unspecified atom stereocenters. The van der Waals surface area contributed by atoms with E-state index in [2.05, 4.69) is 0 Å². The second kappa shape index (κ2) is 5.25. The van der Waals surface area contributed by atoms with Crippen LogP contribution in [-0.2, 0) is 16.0 Å². The lowest BCUT2D eigenvalue weighted by Gasteiger charge is -2.25. The summed E-state index contributed by atoms with van der Waals surface area (Å²) in [4.78, 5) is 22.4. The molecule has 0 aliphatic heterocycles. The molecule has 0 saturated heterocycles. The summed E-state index contributed by atoms with van der Waals surface area (Å²) in [7, 11) is 0. The number of benzene rings is 1. The van der Waals surface area contributed by atoms with Crippen LogP contribution in [0.15, 0.2) is 24.3 Å². The quantitative estimate of drug-likeness (QED) is 0.730. The van der Waals surface area contributed by atoms with Gasteiger partial charge in [0.05, 0.1) is 5.92 Å². The lowest BCUT2D eigenvalue weighted by Crippen LogP contribution is -2.51. The molecule has 1 fully saturated rings. The summed E-state index contributed by atoms with van der Waals surface area (Å²) in [5.74, 6) is -3.16. The number of nitrogens with two attached hydrogens (primary N) is 1. The molecule has 5 heteroatoms. The van der Waals surface area contributed by atoms with Crippen LogP contribution in [0.25, 0.3) is 0 Å². The van der Waals surface area contributed by atoms with E-state index in [1.165, 1.54) is 0 Å². The highest BCUT2D eigenvalue weighted by Gasteiger charge is 2.57. The van der Waals surface area contributed by atoms with Gasteiger partial charge >= 0.3 is 11.9 Å². The molecule has 20 heavy (non-hydrogen) atoms. The number of aliphatic carboxylic acids is 2. The Labute approximate surface area is 117 Å². The van der Waals surface area contributed by atoms with E-state index >= 15 is 0 Å². The first-order valence-electron chi connectivity index (χ1n) is 6.65. The van der Waals surface area contributed by atoms with Gasteiger partial charge < -0.3 is 15.9 Å². The van der Waals surface area contributed by atoms with Crippen LogP contribution in [0.1, 0.15) is 24.0 Å². The lowest BCUT2D eigenvalue weighted by molar-refractivity contribution is -0.145. The molecule has 0 amide bonds. The van der Waals surface area contributed by atoms with Gasteiger partial charge in [0.1, 0.15) is 5.54 Å². The number of carboxylic acids is 2. The lowest BCUT2D eigenvalue weighted by atomic mass is 9.86. The molecule has 1 aromatic carbocycles. The first-order valence-corrected chi connectivity index (χ1v) is 6.65. The zero-order valence-electron chi connectivity index (χ0n) is 11.4. The molecule has 0 heterocycles. The van der Waals surface area contributed by atoms with Gasteiger partial charge in [0.25, 0.3) is 0 Å². The summed E-state index contributed by atoms with van der Waals surface area (Å²) in [5.41, 5.74) is 6.67. The summed E-state index contributed by atoms with van der Waals surface area (Å²) >= 11 is 0. The molecule has 5 nitrogen and oxygen atoms in total. The maximum Gasteiger partial charge on any atom is 0.324 e. The van der Waals surface area contributed by atoms with Gasteiger partial charge in [0.15, 0.2) is 0 Å². The average Bonchev–Trinajstić information content (AvgIpc) is 3.16. The van der Waals surface area contributed by atoms with E-state index in [1.54, 1.807) is 0 Å². The van der Waals surface area contributed by atoms with E-state index < -0.39 is 29.3 Å². The van der Waals surface area contributed by atoms with Crippen LogP contribution in [0, 0.1) is 18.8 Å². The minimum absolute atomic E-state index is 0.250. The van der Waals surface area contributed by atoms with E-state index in [9.17, 15) is 14.7 Å². The molecule has 1 aliphatic rings. The van der Waals surface area contributed by atoms with Gasteiger partial charge in [0.2, 0.25) is 0 Å². The molecule has 1 aliphatic carbocycles. The molecule has 2 rings (SSSR count). The third-order valence-corrected chi connectivity index (χ3v) is 4.08. The smallest absolute Gasteiger partial charge is 0.324 e. The summed E-state index contributed by atoms with van der Waals surface area (Å²) in [6.45, 7) is 1.97. The summed E-state index contributed by atoms with van der Waals surface area (Å²) < 4.78 is 0. The van der Waals surface area contributed by atoms with Crippen LogP contribution in [0.4, 0.5) is 0 Å². The fourth-order valence-electron chi connectivity index (χ4n) is 2.71. The molecule has 0 radical (unpaired) electrons. The Morgan fingerprint density at radius 1 is 1.40 bits per heavy atom. The molecular formula is C15H19NO4. The Morgan fingerprint density at radius 3 is 2.60 bits per heavy atom. The average molecular weight is 277 g/mol. The molecular weight excluding hydrogens is 258 g/mol. The Hall–Kier alpha value is -1.88. The van der Waals surface area contributed by atoms with Crippen molar-refractivity contribution < 1.29 is 19.8 Å². The Kier molecular flexibility index (Phi) is 3.81. The highest BCUT2D eigenvalue weighted by atomic mass is 16.4. The van der Waals surface area contributed by atoms with Crippen LogP contribution >= 0.6 is 0 Å². The van der Waals surface area contributed by atoms with Gasteiger partial charge in [-0.3, -0.25) is 9.59 Å². The molecule has 4 N–H and O–H groups in total. The predicted octanol–water partition coefficient (Wildman–Crippen LogP) is 1.43. The van der Waals surface area contributed by atoms with E-state index in [0.717, 1.165) is 11.1 Å². The SMILES string of the molecule is Cc1cccc(CC[C@@](N)(C(=O)O)C2C[C@@H]2C(=O)O)c1. The van der Waals surface area contributed by atoms with E-state index in [-0.39, 0.29) is 6.42 Å². The summed E-state index contributed by atoms with van der Waals surface area (Å²) in [6.07, 6.45) is 1.14. The van der Waals surface area contributed by atoms with E-state index in [1.807, 2.05) is 31.2 Å². The third kappa shape index (κ3) is 2.82. The summed E-state index contributed by atoms with van der Waals surface area (Å²) in [5, 5.41) is 18.3. The van der Waals surface area contributed by atoms with Gasteiger partial charge in [-0.25, -0.2) is 0 Å². The van der Waals surface area contributed by atoms with Crippen LogP contribution in [0.3, 0.4) is 0 Å². The van der Waals surface area contributed by atoms with Gasteiger partial charge in [-0.15, -0.1) is 0 Å². The topological polar surface area (TPSA) is 101 Å². The first-order chi connectivity index (χ1) is 9.34. The highest BCUT2D eigenvalue weighted by molar-refractivity contribution is 5.83. The number of hydrogen-bond donors (Lipinski definition) is 3. The number of carbonyl (C=O) groups is 2. The van der Waals surface area contributed by atoms with Gasteiger partial charge in [-0.1, -0.05) is 29.8 Å². The minimum Gasteiger partial charge on any atom is -0.481 e. The Bertz CT molecular complexity index is 542. The Morgan fingerprint density at radius 2 is 2.10 bits per heavy atom. The molecule has 0 spiro atoms. The van der Waals surface area contributed by atoms with Crippen LogP contribution in [0.2, 0.25) is 0 Å². The fourth-order valence-corrected chi connectivity index (χ4v) is 2.71. The van der Waals surface area contributed by atoms with Crippen molar-refractivity contribution in [2.75, 3.05) is 0 Å². The van der Waals surface area contributed by atoms with Crippen molar-refractivity contribution in [3.63, 3.8) is 0 Å². The summed E-state index contributed by atoms with van der Waals surface area (Å²) in [6, 6.07) is 7.80. The molecule has 0 aromatic heterocycles.